The van der Waals surface area contributed by atoms with Gasteiger partial charge in [-0.3, -0.25) is 0 Å². The number of nitrogens with two attached hydrogens (primary N) is 1. The molecule has 78 valence electrons. The van der Waals surface area contributed by atoms with Crippen molar-refractivity contribution in [2.75, 3.05) is 19.7 Å². The molecule has 3 N–H and O–H groups in total. The van der Waals surface area contributed by atoms with Crippen molar-refractivity contribution in [3.63, 3.8) is 0 Å². The molecule has 2 unspecified atom stereocenters. The Morgan fingerprint density at radius 3 is 2.85 bits per heavy atom. The Balaban J connectivity index is 2.53. The smallest absolute Gasteiger partial charge is 0.0590 e. The summed E-state index contributed by atoms with van der Waals surface area (Å²) in [6.07, 6.45) is 3.60. The van der Waals surface area contributed by atoms with Gasteiger partial charge < -0.3 is 15.8 Å². The minimum Gasteiger partial charge on any atom is -0.378 e. The van der Waals surface area contributed by atoms with Crippen LogP contribution < -0.4 is 11.1 Å². The Labute approximate surface area is 81.0 Å². The first kappa shape index (κ1) is 11.0. The van der Waals surface area contributed by atoms with E-state index in [2.05, 4.69) is 19.2 Å². The first-order valence-corrected chi connectivity index (χ1v) is 5.33. The topological polar surface area (TPSA) is 47.3 Å². The zero-order valence-electron chi connectivity index (χ0n) is 8.81. The molecule has 0 aromatic rings. The van der Waals surface area contributed by atoms with Gasteiger partial charge in [-0.1, -0.05) is 13.8 Å². The van der Waals surface area contributed by atoms with Gasteiger partial charge >= 0.3 is 0 Å². The van der Waals surface area contributed by atoms with Crippen LogP contribution in [-0.2, 0) is 4.74 Å². The Bertz CT molecular complexity index is 148. The summed E-state index contributed by atoms with van der Waals surface area (Å²) in [4.78, 5) is 0. The lowest BCUT2D eigenvalue weighted by molar-refractivity contribution is -0.0274. The lowest BCUT2D eigenvalue weighted by Gasteiger charge is -2.40. The van der Waals surface area contributed by atoms with Crippen LogP contribution in [0.25, 0.3) is 0 Å². The zero-order valence-corrected chi connectivity index (χ0v) is 8.81. The van der Waals surface area contributed by atoms with Crippen LogP contribution in [0.15, 0.2) is 0 Å². The maximum absolute atomic E-state index is 5.82. The first-order valence-electron chi connectivity index (χ1n) is 5.33. The molecule has 0 spiro atoms. The van der Waals surface area contributed by atoms with Gasteiger partial charge in [0.2, 0.25) is 0 Å². The monoisotopic (exact) mass is 186 g/mol. The van der Waals surface area contributed by atoms with Crippen molar-refractivity contribution in [1.29, 1.82) is 0 Å². The molecule has 0 radical (unpaired) electrons. The van der Waals surface area contributed by atoms with E-state index in [1.165, 1.54) is 0 Å². The highest BCUT2D eigenvalue weighted by Gasteiger charge is 2.34. The minimum atomic E-state index is 0.147. The van der Waals surface area contributed by atoms with E-state index in [1.807, 2.05) is 0 Å². The number of hydrogen-bond donors (Lipinski definition) is 2. The number of rotatable bonds is 4. The molecule has 3 heteroatoms. The van der Waals surface area contributed by atoms with Crippen molar-refractivity contribution >= 4 is 0 Å². The third kappa shape index (κ3) is 2.66. The van der Waals surface area contributed by atoms with Crippen LogP contribution in [-0.4, -0.2) is 31.3 Å². The molecule has 1 aliphatic heterocycles. The number of hydrogen-bond acceptors (Lipinski definition) is 3. The van der Waals surface area contributed by atoms with E-state index in [4.69, 9.17) is 10.5 Å². The Morgan fingerprint density at radius 1 is 1.54 bits per heavy atom. The molecule has 0 aromatic heterocycles. The van der Waals surface area contributed by atoms with E-state index >= 15 is 0 Å². The van der Waals surface area contributed by atoms with E-state index in [-0.39, 0.29) is 5.54 Å². The van der Waals surface area contributed by atoms with Crippen LogP contribution in [0.5, 0.6) is 0 Å². The van der Waals surface area contributed by atoms with Crippen molar-refractivity contribution in [2.24, 2.45) is 5.73 Å². The van der Waals surface area contributed by atoms with Gasteiger partial charge in [0, 0.05) is 18.7 Å². The molecular formula is C10H22N2O. The Hall–Kier alpha value is -0.120. The summed E-state index contributed by atoms with van der Waals surface area (Å²) < 4.78 is 5.63. The fraction of sp³-hybridized carbons (Fsp3) is 1.00. The third-order valence-corrected chi connectivity index (χ3v) is 2.95. The molecule has 0 aromatic carbocycles. The maximum Gasteiger partial charge on any atom is 0.0590 e. The van der Waals surface area contributed by atoms with E-state index in [9.17, 15) is 0 Å². The van der Waals surface area contributed by atoms with Gasteiger partial charge in [-0.15, -0.1) is 0 Å². The average Bonchev–Trinajstić information content (AvgIpc) is 2.19. The summed E-state index contributed by atoms with van der Waals surface area (Å²) in [5.41, 5.74) is 5.97. The highest BCUT2D eigenvalue weighted by atomic mass is 16.5. The molecule has 0 aliphatic carbocycles. The van der Waals surface area contributed by atoms with Gasteiger partial charge in [-0.25, -0.2) is 0 Å². The van der Waals surface area contributed by atoms with Crippen LogP contribution >= 0.6 is 0 Å². The largest absolute Gasteiger partial charge is 0.378 e. The lowest BCUT2D eigenvalue weighted by Crippen LogP contribution is -2.56. The van der Waals surface area contributed by atoms with Crippen LogP contribution in [0.3, 0.4) is 0 Å². The summed E-state index contributed by atoms with van der Waals surface area (Å²) in [5.74, 6) is 0. The van der Waals surface area contributed by atoms with Crippen molar-refractivity contribution in [3.8, 4) is 0 Å². The van der Waals surface area contributed by atoms with E-state index < -0.39 is 0 Å². The van der Waals surface area contributed by atoms with Crippen molar-refractivity contribution < 1.29 is 4.74 Å². The van der Waals surface area contributed by atoms with E-state index in [1.54, 1.807) is 0 Å². The second-order valence-electron chi connectivity index (χ2n) is 3.87. The summed E-state index contributed by atoms with van der Waals surface area (Å²) >= 11 is 0. The molecule has 1 heterocycles. The number of likely N-dealkylation sites (N-methyl/N-ethyl adjacent to an activating group) is 1. The second kappa shape index (κ2) is 4.94. The predicted octanol–water partition coefficient (Wildman–Crippen LogP) is 0.882. The minimum absolute atomic E-state index is 0.147. The summed E-state index contributed by atoms with van der Waals surface area (Å²) in [6, 6.07) is 0. The van der Waals surface area contributed by atoms with Crippen LogP contribution in [0.2, 0.25) is 0 Å². The molecule has 3 nitrogen and oxygen atoms in total. The standard InChI is InChI=1S/C10H22N2O/c1-3-9-7-10(8-11,12-4-2)5-6-13-9/h9,12H,3-8,11H2,1-2H3. The van der Waals surface area contributed by atoms with Crippen LogP contribution in [0.4, 0.5) is 0 Å². The zero-order chi connectivity index (χ0) is 9.73. The Kier molecular flexibility index (Phi) is 4.16. The summed E-state index contributed by atoms with van der Waals surface area (Å²) in [6.45, 7) is 6.87. The van der Waals surface area contributed by atoms with Gasteiger partial charge in [0.05, 0.1) is 6.10 Å². The normalized spacial score (nSPS) is 34.8. The van der Waals surface area contributed by atoms with Crippen LogP contribution in [0, 0.1) is 0 Å². The third-order valence-electron chi connectivity index (χ3n) is 2.95. The maximum atomic E-state index is 5.82. The van der Waals surface area contributed by atoms with Gasteiger partial charge in [0.25, 0.3) is 0 Å². The fourth-order valence-electron chi connectivity index (χ4n) is 2.07. The number of nitrogens with one attached hydrogen (secondary N) is 1. The highest BCUT2D eigenvalue weighted by Crippen LogP contribution is 2.25. The lowest BCUT2D eigenvalue weighted by atomic mass is 9.86. The molecular weight excluding hydrogens is 164 g/mol. The molecule has 13 heavy (non-hydrogen) atoms. The molecule has 1 fully saturated rings. The van der Waals surface area contributed by atoms with Gasteiger partial charge in [0.1, 0.15) is 0 Å². The van der Waals surface area contributed by atoms with Gasteiger partial charge in [-0.05, 0) is 25.8 Å². The van der Waals surface area contributed by atoms with Crippen molar-refractivity contribution in [2.45, 2.75) is 44.8 Å². The number of ether oxygens (including phenoxy) is 1. The first-order chi connectivity index (χ1) is 6.26. The average molecular weight is 186 g/mol. The second-order valence-corrected chi connectivity index (χ2v) is 3.87. The van der Waals surface area contributed by atoms with Crippen molar-refractivity contribution in [3.05, 3.63) is 0 Å². The van der Waals surface area contributed by atoms with Crippen molar-refractivity contribution in [1.82, 2.24) is 5.32 Å². The summed E-state index contributed by atoms with van der Waals surface area (Å²) in [5, 5.41) is 3.51. The molecule has 1 aliphatic rings. The fourth-order valence-corrected chi connectivity index (χ4v) is 2.07. The van der Waals surface area contributed by atoms with Gasteiger partial charge in [0.15, 0.2) is 0 Å². The predicted molar refractivity (Wildman–Crippen MR) is 54.7 cm³/mol. The van der Waals surface area contributed by atoms with Gasteiger partial charge in [-0.2, -0.15) is 0 Å². The quantitative estimate of drug-likeness (QED) is 0.685. The molecule has 2 atom stereocenters. The molecule has 0 saturated carbocycles. The Morgan fingerprint density at radius 2 is 2.31 bits per heavy atom. The molecule has 1 saturated heterocycles. The van der Waals surface area contributed by atoms with E-state index in [0.29, 0.717) is 6.10 Å². The SMILES string of the molecule is CCNC1(CN)CCOC(CC)C1. The summed E-state index contributed by atoms with van der Waals surface area (Å²) in [7, 11) is 0. The van der Waals surface area contributed by atoms with Crippen LogP contribution in [0.1, 0.15) is 33.1 Å². The molecule has 0 amide bonds. The van der Waals surface area contributed by atoms with E-state index in [0.717, 1.165) is 39.0 Å². The molecule has 0 bridgehead atoms. The molecule has 1 rings (SSSR count). The highest BCUT2D eigenvalue weighted by molar-refractivity contribution is 4.93.